The van der Waals surface area contributed by atoms with Crippen molar-refractivity contribution < 1.29 is 56.8 Å². The molecule has 0 aromatic heterocycles. The molecule has 1 rings (SSSR count). The van der Waals surface area contributed by atoms with Gasteiger partial charge in [0.2, 0.25) is 0 Å². The largest absolute Gasteiger partial charge is 0.462 e. The first kappa shape index (κ1) is 62.9. The summed E-state index contributed by atoms with van der Waals surface area (Å²) in [4.78, 5) is 25.6. The second-order valence-electron chi connectivity index (χ2n) is 18.9. The Kier molecular flexibility index (Phi) is 41.2. The maximum Gasteiger partial charge on any atom is 0.306 e. The van der Waals surface area contributed by atoms with Crippen molar-refractivity contribution >= 4 is 22.1 Å². The summed E-state index contributed by atoms with van der Waals surface area (Å²) < 4.78 is 54.3. The van der Waals surface area contributed by atoms with E-state index in [0.717, 1.165) is 64.2 Å². The molecular formula is C54H98O12S. The van der Waals surface area contributed by atoms with Gasteiger partial charge in [-0.05, 0) is 70.6 Å². The molecule has 13 heteroatoms. The summed E-state index contributed by atoms with van der Waals surface area (Å²) >= 11 is 0. The van der Waals surface area contributed by atoms with Crippen molar-refractivity contribution in [2.24, 2.45) is 0 Å². The molecule has 1 aliphatic heterocycles. The van der Waals surface area contributed by atoms with Crippen LogP contribution in [0.4, 0.5) is 0 Å². The van der Waals surface area contributed by atoms with E-state index >= 15 is 0 Å². The molecule has 0 aromatic carbocycles. The Morgan fingerprint density at radius 1 is 0.507 bits per heavy atom. The van der Waals surface area contributed by atoms with E-state index in [1.807, 2.05) is 0 Å². The molecule has 4 N–H and O–H groups in total. The quantitative estimate of drug-likeness (QED) is 0.0196. The highest BCUT2D eigenvalue weighted by Gasteiger charge is 2.46. The molecule has 0 radical (unpaired) electrons. The Bertz CT molecular complexity index is 1370. The lowest BCUT2D eigenvalue weighted by atomic mass is 10.00. The molecule has 1 fully saturated rings. The molecular weight excluding hydrogens is 873 g/mol. The van der Waals surface area contributed by atoms with E-state index in [-0.39, 0.29) is 19.4 Å². The van der Waals surface area contributed by atoms with Crippen molar-refractivity contribution in [1.29, 1.82) is 0 Å². The third-order valence-electron chi connectivity index (χ3n) is 12.4. The molecule has 1 saturated heterocycles. The van der Waals surface area contributed by atoms with Crippen LogP contribution in [0.15, 0.2) is 36.5 Å². The molecule has 0 saturated carbocycles. The van der Waals surface area contributed by atoms with Gasteiger partial charge in [-0.1, -0.05) is 192 Å². The molecule has 392 valence electrons. The van der Waals surface area contributed by atoms with Crippen LogP contribution in [-0.4, -0.2) is 96.0 Å². The van der Waals surface area contributed by atoms with Gasteiger partial charge in [-0.2, -0.15) is 8.42 Å². The van der Waals surface area contributed by atoms with Gasteiger partial charge in [0.05, 0.1) is 6.61 Å². The highest BCUT2D eigenvalue weighted by molar-refractivity contribution is 7.85. The lowest BCUT2D eigenvalue weighted by Crippen LogP contribution is -2.60. The van der Waals surface area contributed by atoms with E-state index in [9.17, 15) is 37.9 Å². The molecule has 1 heterocycles. The number of unbranched alkanes of at least 4 members (excludes halogenated alkanes) is 28. The predicted molar refractivity (Wildman–Crippen MR) is 270 cm³/mol. The normalized spacial score (nSPS) is 19.5. The fourth-order valence-corrected chi connectivity index (χ4v) is 8.92. The van der Waals surface area contributed by atoms with Crippen molar-refractivity contribution in [2.75, 3.05) is 19.0 Å². The standard InChI is InChI=1S/C54H98O12S/c1-3-5-7-9-11-13-15-17-19-21-23-24-25-27-29-31-33-35-37-39-41-43-50(56)65-47(45-64-54-53(59)52(58)51(57)48(66-54)46-67(60,61)62)44-63-49(55)42-40-38-36-34-32-30-28-26-22-20-18-16-14-12-10-8-6-4-2/h15,17,20-23,47-48,51-54,57-59H,3-14,16,18-19,24-46H2,1-2H3,(H,60,61,62)/b17-15-,22-20-,23-21-. The molecule has 6 unspecified atom stereocenters. The average Bonchev–Trinajstić information content (AvgIpc) is 3.30. The van der Waals surface area contributed by atoms with Crippen LogP contribution < -0.4 is 0 Å². The first-order chi connectivity index (χ1) is 32.5. The summed E-state index contributed by atoms with van der Waals surface area (Å²) in [7, 11) is -4.61. The van der Waals surface area contributed by atoms with E-state index in [0.29, 0.717) is 12.8 Å². The van der Waals surface area contributed by atoms with Crippen LogP contribution in [0.25, 0.3) is 0 Å². The number of hydrogen-bond donors (Lipinski definition) is 4. The second kappa shape index (κ2) is 43.9. The summed E-state index contributed by atoms with van der Waals surface area (Å²) in [5.41, 5.74) is 0. The Balaban J connectivity index is 2.36. The minimum Gasteiger partial charge on any atom is -0.462 e. The lowest BCUT2D eigenvalue weighted by molar-refractivity contribution is -0.297. The van der Waals surface area contributed by atoms with Gasteiger partial charge in [-0.3, -0.25) is 14.1 Å². The van der Waals surface area contributed by atoms with Crippen LogP contribution >= 0.6 is 0 Å². The Hall–Kier alpha value is -2.13. The van der Waals surface area contributed by atoms with E-state index < -0.39 is 71.2 Å². The minimum atomic E-state index is -4.61. The summed E-state index contributed by atoms with van der Waals surface area (Å²) in [6.07, 6.45) is 43.2. The van der Waals surface area contributed by atoms with Crippen molar-refractivity contribution in [2.45, 2.75) is 275 Å². The first-order valence-corrected chi connectivity index (χ1v) is 28.7. The van der Waals surface area contributed by atoms with E-state index in [1.165, 1.54) is 135 Å². The average molecular weight is 971 g/mol. The third-order valence-corrected chi connectivity index (χ3v) is 13.2. The Morgan fingerprint density at radius 2 is 0.896 bits per heavy atom. The smallest absolute Gasteiger partial charge is 0.306 e. The molecule has 1 aliphatic rings. The highest BCUT2D eigenvalue weighted by Crippen LogP contribution is 2.24. The van der Waals surface area contributed by atoms with Gasteiger partial charge in [-0.15, -0.1) is 0 Å². The maximum atomic E-state index is 12.9. The molecule has 0 spiro atoms. The van der Waals surface area contributed by atoms with Gasteiger partial charge in [-0.25, -0.2) is 0 Å². The van der Waals surface area contributed by atoms with E-state index in [2.05, 4.69) is 50.3 Å². The SMILES string of the molecule is CCCCCCC/C=C\C/C=C\CCCCCCCCCCCC(=O)OC(COC(=O)CCCCCCCCC/C=C\CCCCCCCCC)COC1OC(CS(=O)(=O)O)C(O)C(O)C1O. The molecule has 0 bridgehead atoms. The predicted octanol–water partition coefficient (Wildman–Crippen LogP) is 12.5. The van der Waals surface area contributed by atoms with Crippen molar-refractivity contribution in [3.05, 3.63) is 36.5 Å². The number of aliphatic hydroxyl groups is 3. The number of ether oxygens (including phenoxy) is 4. The zero-order valence-electron chi connectivity index (χ0n) is 42.3. The summed E-state index contributed by atoms with van der Waals surface area (Å²) in [5.74, 6) is -1.98. The molecule has 0 amide bonds. The van der Waals surface area contributed by atoms with Crippen molar-refractivity contribution in [1.82, 2.24) is 0 Å². The third kappa shape index (κ3) is 38.3. The van der Waals surface area contributed by atoms with Crippen LogP contribution in [0.1, 0.15) is 239 Å². The van der Waals surface area contributed by atoms with Gasteiger partial charge < -0.3 is 34.3 Å². The monoisotopic (exact) mass is 971 g/mol. The fourth-order valence-electron chi connectivity index (χ4n) is 8.23. The van der Waals surface area contributed by atoms with Gasteiger partial charge >= 0.3 is 11.9 Å². The number of carbonyl (C=O) groups excluding carboxylic acids is 2. The van der Waals surface area contributed by atoms with Gasteiger partial charge in [0.15, 0.2) is 12.4 Å². The topological polar surface area (TPSA) is 186 Å². The van der Waals surface area contributed by atoms with Crippen molar-refractivity contribution in [3.63, 3.8) is 0 Å². The van der Waals surface area contributed by atoms with Crippen LogP contribution in [0, 0.1) is 0 Å². The van der Waals surface area contributed by atoms with Crippen LogP contribution in [0.3, 0.4) is 0 Å². The number of hydrogen-bond acceptors (Lipinski definition) is 11. The van der Waals surface area contributed by atoms with Gasteiger partial charge in [0.25, 0.3) is 10.1 Å². The molecule has 12 nitrogen and oxygen atoms in total. The molecule has 67 heavy (non-hydrogen) atoms. The zero-order valence-corrected chi connectivity index (χ0v) is 43.1. The molecule has 6 atom stereocenters. The number of carbonyl (C=O) groups is 2. The Labute approximate surface area is 408 Å². The fraction of sp³-hybridized carbons (Fsp3) is 0.852. The number of allylic oxidation sites excluding steroid dienone is 6. The molecule has 0 aliphatic carbocycles. The summed E-state index contributed by atoms with van der Waals surface area (Å²) in [5, 5.41) is 31.0. The van der Waals surface area contributed by atoms with Gasteiger partial charge in [0.1, 0.15) is 36.8 Å². The van der Waals surface area contributed by atoms with E-state index in [1.54, 1.807) is 0 Å². The highest BCUT2D eigenvalue weighted by atomic mass is 32.2. The van der Waals surface area contributed by atoms with Crippen LogP contribution in [0.2, 0.25) is 0 Å². The number of rotatable bonds is 46. The van der Waals surface area contributed by atoms with E-state index in [4.69, 9.17) is 18.9 Å². The Morgan fingerprint density at radius 3 is 1.33 bits per heavy atom. The first-order valence-electron chi connectivity index (χ1n) is 27.0. The summed E-state index contributed by atoms with van der Waals surface area (Å²) in [6.45, 7) is 3.78. The molecule has 0 aromatic rings. The summed E-state index contributed by atoms with van der Waals surface area (Å²) in [6, 6.07) is 0. The van der Waals surface area contributed by atoms with Crippen molar-refractivity contribution in [3.8, 4) is 0 Å². The van der Waals surface area contributed by atoms with Crippen LogP contribution in [0.5, 0.6) is 0 Å². The minimum absolute atomic E-state index is 0.159. The lowest BCUT2D eigenvalue weighted by Gasteiger charge is -2.40. The zero-order chi connectivity index (χ0) is 49.1. The number of aliphatic hydroxyl groups excluding tert-OH is 3. The van der Waals surface area contributed by atoms with Gasteiger partial charge in [0, 0.05) is 12.8 Å². The number of esters is 2. The van der Waals surface area contributed by atoms with Crippen LogP contribution in [-0.2, 0) is 38.7 Å². The maximum absolute atomic E-state index is 12.9. The second-order valence-corrected chi connectivity index (χ2v) is 20.4.